The zero-order chi connectivity index (χ0) is 20.1. The molecule has 8 nitrogen and oxygen atoms in total. The molecule has 0 aliphatic carbocycles. The van der Waals surface area contributed by atoms with E-state index in [-0.39, 0.29) is 24.8 Å². The number of thiazole rings is 1. The first-order valence-electron chi connectivity index (χ1n) is 8.37. The van der Waals surface area contributed by atoms with Crippen LogP contribution in [0.2, 0.25) is 0 Å². The van der Waals surface area contributed by atoms with Crippen LogP contribution in [0, 0.1) is 6.92 Å². The van der Waals surface area contributed by atoms with Crippen molar-refractivity contribution in [1.29, 1.82) is 0 Å². The topological polar surface area (TPSA) is 127 Å². The minimum atomic E-state index is -0.518. The Morgan fingerprint density at radius 1 is 1.25 bits per heavy atom. The van der Waals surface area contributed by atoms with Crippen LogP contribution in [-0.4, -0.2) is 22.7 Å². The lowest BCUT2D eigenvalue weighted by molar-refractivity contribution is -0.120. The molecule has 0 aliphatic heterocycles. The number of aryl methyl sites for hydroxylation is 1. The Morgan fingerprint density at radius 2 is 2.07 bits per heavy atom. The van der Waals surface area contributed by atoms with E-state index in [1.807, 2.05) is 0 Å². The number of hydrogen-bond donors (Lipinski definition) is 3. The predicted molar refractivity (Wildman–Crippen MR) is 104 cm³/mol. The molecule has 0 radical (unpaired) electrons. The van der Waals surface area contributed by atoms with Crippen LogP contribution in [0.5, 0.6) is 0 Å². The fourth-order valence-corrected chi connectivity index (χ4v) is 3.20. The summed E-state index contributed by atoms with van der Waals surface area (Å²) in [7, 11) is 0. The van der Waals surface area contributed by atoms with Crippen molar-refractivity contribution in [3.05, 3.63) is 70.1 Å². The molecule has 2 aromatic heterocycles. The molecule has 0 unspecified atom stereocenters. The highest BCUT2D eigenvalue weighted by Crippen LogP contribution is 2.18. The first-order valence-corrected chi connectivity index (χ1v) is 9.25. The Labute approximate surface area is 164 Å². The van der Waals surface area contributed by atoms with Crippen molar-refractivity contribution in [3.8, 4) is 0 Å². The van der Waals surface area contributed by atoms with Crippen molar-refractivity contribution in [1.82, 2.24) is 10.3 Å². The molecule has 4 N–H and O–H groups in total. The highest BCUT2D eigenvalue weighted by atomic mass is 32.1. The van der Waals surface area contributed by atoms with Crippen molar-refractivity contribution in [3.63, 3.8) is 0 Å². The molecule has 0 saturated heterocycles. The highest BCUT2D eigenvalue weighted by molar-refractivity contribution is 7.14. The Kier molecular flexibility index (Phi) is 5.85. The number of hydrogen-bond acceptors (Lipinski definition) is 6. The molecule has 2 heterocycles. The number of furan rings is 1. The third-order valence-electron chi connectivity index (χ3n) is 3.92. The van der Waals surface area contributed by atoms with Gasteiger partial charge in [-0.1, -0.05) is 12.1 Å². The average Bonchev–Trinajstić information content (AvgIpc) is 3.29. The summed E-state index contributed by atoms with van der Waals surface area (Å²) in [5.41, 5.74) is 7.39. The van der Waals surface area contributed by atoms with Crippen LogP contribution in [0.4, 0.5) is 5.13 Å². The van der Waals surface area contributed by atoms with E-state index in [2.05, 4.69) is 15.6 Å². The molecule has 0 saturated carbocycles. The van der Waals surface area contributed by atoms with Gasteiger partial charge in [-0.2, -0.15) is 0 Å². The van der Waals surface area contributed by atoms with Gasteiger partial charge in [0.15, 0.2) is 5.13 Å². The summed E-state index contributed by atoms with van der Waals surface area (Å²) in [6.45, 7) is 1.97. The molecule has 9 heteroatoms. The van der Waals surface area contributed by atoms with Crippen LogP contribution < -0.4 is 16.4 Å². The molecule has 1 aromatic carbocycles. The van der Waals surface area contributed by atoms with Gasteiger partial charge in [-0.05, 0) is 30.7 Å². The molecule has 144 valence electrons. The number of aromatic nitrogens is 1. The van der Waals surface area contributed by atoms with E-state index < -0.39 is 5.91 Å². The first kappa shape index (κ1) is 19.3. The number of nitrogens with zero attached hydrogens (tertiary/aromatic N) is 1. The lowest BCUT2D eigenvalue weighted by atomic mass is 10.1. The van der Waals surface area contributed by atoms with Gasteiger partial charge in [0.1, 0.15) is 5.76 Å². The average molecular weight is 398 g/mol. The normalized spacial score (nSPS) is 10.5. The number of nitrogens with two attached hydrogens (primary N) is 1. The van der Waals surface area contributed by atoms with E-state index in [0.717, 1.165) is 5.56 Å². The smallest absolute Gasteiger partial charge is 0.260 e. The van der Waals surface area contributed by atoms with Crippen LogP contribution in [0.15, 0.2) is 46.4 Å². The minimum Gasteiger partial charge on any atom is -0.469 e. The van der Waals surface area contributed by atoms with Gasteiger partial charge >= 0.3 is 0 Å². The lowest BCUT2D eigenvalue weighted by Gasteiger charge is -2.05. The minimum absolute atomic E-state index is 0.0760. The second-order valence-electron chi connectivity index (χ2n) is 6.01. The quantitative estimate of drug-likeness (QED) is 0.562. The van der Waals surface area contributed by atoms with Gasteiger partial charge < -0.3 is 15.5 Å². The van der Waals surface area contributed by atoms with E-state index in [1.165, 1.54) is 17.6 Å². The van der Waals surface area contributed by atoms with Gasteiger partial charge in [-0.3, -0.25) is 19.7 Å². The van der Waals surface area contributed by atoms with Crippen LogP contribution in [0.3, 0.4) is 0 Å². The number of nitrogens with one attached hydrogen (secondary N) is 2. The molecule has 3 rings (SSSR count). The molecular formula is C19H18N4O4S. The summed E-state index contributed by atoms with van der Waals surface area (Å²) >= 11 is 1.24. The van der Waals surface area contributed by atoms with Crippen molar-refractivity contribution in [2.75, 3.05) is 5.32 Å². The number of benzene rings is 1. The number of anilines is 1. The summed E-state index contributed by atoms with van der Waals surface area (Å²) in [5, 5.41) is 7.57. The monoisotopic (exact) mass is 398 g/mol. The lowest BCUT2D eigenvalue weighted by Crippen LogP contribution is -2.25. The van der Waals surface area contributed by atoms with Crippen LogP contribution >= 0.6 is 11.3 Å². The molecule has 3 amide bonds. The van der Waals surface area contributed by atoms with Crippen LogP contribution in [-0.2, 0) is 17.8 Å². The number of rotatable bonds is 7. The maximum atomic E-state index is 12.1. The van der Waals surface area contributed by atoms with E-state index >= 15 is 0 Å². The van der Waals surface area contributed by atoms with Gasteiger partial charge in [-0.25, -0.2) is 4.98 Å². The molecule has 0 atom stereocenters. The second-order valence-corrected chi connectivity index (χ2v) is 6.86. The van der Waals surface area contributed by atoms with Gasteiger partial charge in [0, 0.05) is 17.5 Å². The van der Waals surface area contributed by atoms with Gasteiger partial charge in [-0.15, -0.1) is 11.3 Å². The SMILES string of the molecule is Cc1occc1C(=O)Nc1nc(CC(=O)NCc2cccc(C(N)=O)c2)cs1. The molecule has 0 aliphatic rings. The standard InChI is InChI=1S/C19H18N4O4S/c1-11-15(5-6-27-11)18(26)23-19-22-14(10-28-19)8-16(24)21-9-12-3-2-4-13(7-12)17(20)25/h2-7,10H,8-9H2,1H3,(H2,20,25)(H,21,24)(H,22,23,26). The number of amides is 3. The van der Waals surface area contributed by atoms with Crippen LogP contribution in [0.25, 0.3) is 0 Å². The Morgan fingerprint density at radius 3 is 2.79 bits per heavy atom. The summed E-state index contributed by atoms with van der Waals surface area (Å²) < 4.78 is 5.11. The van der Waals surface area contributed by atoms with Crippen molar-refractivity contribution >= 4 is 34.2 Å². The zero-order valence-corrected chi connectivity index (χ0v) is 15.8. The van der Waals surface area contributed by atoms with Gasteiger partial charge in [0.25, 0.3) is 5.91 Å². The third kappa shape index (κ3) is 4.83. The van der Waals surface area contributed by atoms with Crippen LogP contribution in [0.1, 0.15) is 37.7 Å². The number of carbonyl (C=O) groups excluding carboxylic acids is 3. The fourth-order valence-electron chi connectivity index (χ4n) is 2.49. The van der Waals surface area contributed by atoms with E-state index in [1.54, 1.807) is 42.6 Å². The van der Waals surface area contributed by atoms with E-state index in [9.17, 15) is 14.4 Å². The zero-order valence-electron chi connectivity index (χ0n) is 15.0. The summed E-state index contributed by atoms with van der Waals surface area (Å²) in [5.74, 6) is -0.533. The Bertz CT molecular complexity index is 1020. The maximum absolute atomic E-state index is 12.1. The van der Waals surface area contributed by atoms with Crippen molar-refractivity contribution in [2.24, 2.45) is 5.73 Å². The molecule has 3 aromatic rings. The molecule has 0 bridgehead atoms. The second kappa shape index (κ2) is 8.49. The number of carbonyl (C=O) groups is 3. The van der Waals surface area contributed by atoms with Crippen molar-refractivity contribution in [2.45, 2.75) is 19.9 Å². The number of primary amides is 1. The van der Waals surface area contributed by atoms with E-state index in [4.69, 9.17) is 10.2 Å². The van der Waals surface area contributed by atoms with E-state index in [0.29, 0.717) is 27.7 Å². The highest BCUT2D eigenvalue weighted by Gasteiger charge is 2.14. The van der Waals surface area contributed by atoms with Gasteiger partial charge in [0.2, 0.25) is 11.8 Å². The summed E-state index contributed by atoms with van der Waals surface area (Å²) in [6.07, 6.45) is 1.52. The molecule has 28 heavy (non-hydrogen) atoms. The molecule has 0 fully saturated rings. The molecular weight excluding hydrogens is 380 g/mol. The predicted octanol–water partition coefficient (Wildman–Crippen LogP) is 2.25. The Balaban J connectivity index is 1.52. The maximum Gasteiger partial charge on any atom is 0.260 e. The Hall–Kier alpha value is -3.46. The summed E-state index contributed by atoms with van der Waals surface area (Å²) in [6, 6.07) is 8.33. The fraction of sp³-hybridized carbons (Fsp3) is 0.158. The largest absolute Gasteiger partial charge is 0.469 e. The summed E-state index contributed by atoms with van der Waals surface area (Å²) in [4.78, 5) is 39.7. The first-order chi connectivity index (χ1) is 13.4. The van der Waals surface area contributed by atoms with Crippen molar-refractivity contribution < 1.29 is 18.8 Å². The molecule has 0 spiro atoms. The third-order valence-corrected chi connectivity index (χ3v) is 4.73. The van der Waals surface area contributed by atoms with Gasteiger partial charge in [0.05, 0.1) is 23.9 Å².